The van der Waals surface area contributed by atoms with E-state index in [1.54, 1.807) is 0 Å². The molecule has 0 N–H and O–H groups in total. The zero-order valence-corrected chi connectivity index (χ0v) is 13.3. The molecule has 0 aliphatic rings. The Morgan fingerprint density at radius 2 is 1.33 bits per heavy atom. The van der Waals surface area contributed by atoms with Crippen molar-refractivity contribution < 1.29 is 0 Å². The van der Waals surface area contributed by atoms with Crippen LogP contribution >= 0.6 is 38.5 Å². The molecular weight excluding hydrogens is 399 g/mol. The zero-order chi connectivity index (χ0) is 12.5. The smallest absolute Gasteiger partial charge is 0.0254 e. The number of benzene rings is 3. The number of fused-ring (bicyclic) bond motifs is 1. The predicted octanol–water partition coefficient (Wildman–Crippen LogP) is 5.87. The van der Waals surface area contributed by atoms with Crippen molar-refractivity contribution in [2.75, 3.05) is 0 Å². The maximum atomic E-state index is 3.62. The summed E-state index contributed by atoms with van der Waals surface area (Å²) in [6, 6.07) is 21.3. The van der Waals surface area contributed by atoms with E-state index >= 15 is 0 Å². The van der Waals surface area contributed by atoms with Gasteiger partial charge in [0.15, 0.2) is 0 Å². The molecule has 0 amide bonds. The summed E-state index contributed by atoms with van der Waals surface area (Å²) in [7, 11) is 0. The van der Waals surface area contributed by atoms with Crippen molar-refractivity contribution in [2.24, 2.45) is 0 Å². The lowest BCUT2D eigenvalue weighted by Crippen LogP contribution is -1.85. The molecule has 0 saturated carbocycles. The second kappa shape index (κ2) is 5.02. The summed E-state index contributed by atoms with van der Waals surface area (Å²) >= 11 is 6.01. The third-order valence-corrected chi connectivity index (χ3v) is 4.67. The first-order valence-corrected chi connectivity index (χ1v) is 7.57. The summed E-state index contributed by atoms with van der Waals surface area (Å²) < 4.78 is 2.43. The van der Waals surface area contributed by atoms with Crippen LogP contribution in [0.25, 0.3) is 21.9 Å². The van der Waals surface area contributed by atoms with E-state index in [4.69, 9.17) is 0 Å². The Morgan fingerprint density at radius 1 is 0.667 bits per heavy atom. The van der Waals surface area contributed by atoms with Crippen LogP contribution in [0, 0.1) is 3.57 Å². The molecule has 18 heavy (non-hydrogen) atoms. The summed E-state index contributed by atoms with van der Waals surface area (Å²) in [5.74, 6) is 0. The molecule has 3 rings (SSSR count). The van der Waals surface area contributed by atoms with Gasteiger partial charge in [0.2, 0.25) is 0 Å². The van der Waals surface area contributed by atoms with E-state index in [2.05, 4.69) is 99.2 Å². The van der Waals surface area contributed by atoms with Crippen LogP contribution in [0.3, 0.4) is 0 Å². The molecule has 0 radical (unpaired) electrons. The molecule has 3 aromatic carbocycles. The van der Waals surface area contributed by atoms with Gasteiger partial charge in [-0.3, -0.25) is 0 Å². The molecule has 88 valence electrons. The molecular formula is C16H10BrI. The van der Waals surface area contributed by atoms with E-state index in [1.807, 2.05) is 0 Å². The molecule has 0 aliphatic heterocycles. The van der Waals surface area contributed by atoms with E-state index < -0.39 is 0 Å². The standard InChI is InChI=1S/C16H10BrI/c17-15-10-9-12(11-5-1-2-6-13(11)15)14-7-3-4-8-16(14)18/h1-10H. The molecule has 0 unspecified atom stereocenters. The third-order valence-electron chi connectivity index (χ3n) is 3.03. The maximum Gasteiger partial charge on any atom is 0.0254 e. The van der Waals surface area contributed by atoms with Gasteiger partial charge in [-0.25, -0.2) is 0 Å². The SMILES string of the molecule is Brc1ccc(-c2ccccc2I)c2ccccc12. The van der Waals surface area contributed by atoms with Crippen LogP contribution in [0.4, 0.5) is 0 Å². The van der Waals surface area contributed by atoms with E-state index in [0.717, 1.165) is 4.47 Å². The largest absolute Gasteiger partial charge is 0.0616 e. The van der Waals surface area contributed by atoms with Gasteiger partial charge in [0.25, 0.3) is 0 Å². The summed E-state index contributed by atoms with van der Waals surface area (Å²) in [6.07, 6.45) is 0. The first kappa shape index (κ1) is 12.2. The first-order valence-electron chi connectivity index (χ1n) is 5.69. The molecule has 0 heterocycles. The van der Waals surface area contributed by atoms with Crippen molar-refractivity contribution in [2.45, 2.75) is 0 Å². The van der Waals surface area contributed by atoms with Crippen LogP contribution in [0.1, 0.15) is 0 Å². The van der Waals surface area contributed by atoms with E-state index in [9.17, 15) is 0 Å². The molecule has 2 heteroatoms. The highest BCUT2D eigenvalue weighted by Crippen LogP contribution is 2.34. The van der Waals surface area contributed by atoms with Gasteiger partial charge in [0.05, 0.1) is 0 Å². The van der Waals surface area contributed by atoms with Gasteiger partial charge in [0.1, 0.15) is 0 Å². The normalized spacial score (nSPS) is 10.8. The fourth-order valence-corrected chi connectivity index (χ4v) is 3.33. The summed E-state index contributed by atoms with van der Waals surface area (Å²) in [5, 5.41) is 2.55. The Hall–Kier alpha value is -0.870. The molecule has 0 spiro atoms. The van der Waals surface area contributed by atoms with Gasteiger partial charge in [-0.2, -0.15) is 0 Å². The third kappa shape index (κ3) is 2.08. The lowest BCUT2D eigenvalue weighted by molar-refractivity contribution is 1.60. The number of rotatable bonds is 1. The van der Waals surface area contributed by atoms with Gasteiger partial charge < -0.3 is 0 Å². The summed E-state index contributed by atoms with van der Waals surface area (Å²) in [6.45, 7) is 0. The van der Waals surface area contributed by atoms with Crippen molar-refractivity contribution in [3.8, 4) is 11.1 Å². The molecule has 0 aromatic heterocycles. The Balaban J connectivity index is 2.38. The minimum atomic E-state index is 1.15. The van der Waals surface area contributed by atoms with Gasteiger partial charge in [-0.15, -0.1) is 0 Å². The van der Waals surface area contributed by atoms with Crippen molar-refractivity contribution >= 4 is 49.3 Å². The lowest BCUT2D eigenvalue weighted by atomic mass is 9.98. The minimum absolute atomic E-state index is 1.15. The first-order chi connectivity index (χ1) is 8.77. The van der Waals surface area contributed by atoms with Crippen LogP contribution < -0.4 is 0 Å². The van der Waals surface area contributed by atoms with Gasteiger partial charge in [-0.1, -0.05) is 64.5 Å². The number of hydrogen-bond donors (Lipinski definition) is 0. The second-order valence-electron chi connectivity index (χ2n) is 4.12. The summed E-state index contributed by atoms with van der Waals surface area (Å²) in [5.41, 5.74) is 2.58. The highest BCUT2D eigenvalue weighted by molar-refractivity contribution is 14.1. The van der Waals surface area contributed by atoms with E-state index in [0.29, 0.717) is 0 Å². The van der Waals surface area contributed by atoms with Gasteiger partial charge in [0, 0.05) is 8.04 Å². The molecule has 0 saturated heterocycles. The number of halogens is 2. The quantitative estimate of drug-likeness (QED) is 0.441. The average Bonchev–Trinajstić information content (AvgIpc) is 2.41. The van der Waals surface area contributed by atoms with Crippen LogP contribution in [-0.4, -0.2) is 0 Å². The zero-order valence-electron chi connectivity index (χ0n) is 9.53. The highest BCUT2D eigenvalue weighted by Gasteiger charge is 2.08. The van der Waals surface area contributed by atoms with E-state index in [-0.39, 0.29) is 0 Å². The average molecular weight is 409 g/mol. The van der Waals surface area contributed by atoms with Crippen LogP contribution in [0.2, 0.25) is 0 Å². The predicted molar refractivity (Wildman–Crippen MR) is 89.8 cm³/mol. The van der Waals surface area contributed by atoms with Gasteiger partial charge >= 0.3 is 0 Å². The number of hydrogen-bond acceptors (Lipinski definition) is 0. The maximum absolute atomic E-state index is 3.62. The van der Waals surface area contributed by atoms with Crippen LogP contribution in [-0.2, 0) is 0 Å². The van der Waals surface area contributed by atoms with Crippen molar-refractivity contribution in [3.05, 3.63) is 68.7 Å². The Morgan fingerprint density at radius 3 is 2.11 bits per heavy atom. The second-order valence-corrected chi connectivity index (χ2v) is 6.14. The molecule has 0 aliphatic carbocycles. The molecule has 3 aromatic rings. The fourth-order valence-electron chi connectivity index (χ4n) is 2.18. The van der Waals surface area contributed by atoms with Crippen molar-refractivity contribution in [1.29, 1.82) is 0 Å². The van der Waals surface area contributed by atoms with Crippen LogP contribution in [0.15, 0.2) is 65.1 Å². The Kier molecular flexibility index (Phi) is 3.39. The lowest BCUT2D eigenvalue weighted by Gasteiger charge is -2.10. The van der Waals surface area contributed by atoms with E-state index in [1.165, 1.54) is 25.5 Å². The minimum Gasteiger partial charge on any atom is -0.0616 e. The van der Waals surface area contributed by atoms with Crippen molar-refractivity contribution in [1.82, 2.24) is 0 Å². The van der Waals surface area contributed by atoms with Crippen molar-refractivity contribution in [3.63, 3.8) is 0 Å². The Labute approximate surface area is 128 Å². The highest BCUT2D eigenvalue weighted by atomic mass is 127. The molecule has 0 bridgehead atoms. The fraction of sp³-hybridized carbons (Fsp3) is 0. The molecule has 0 nitrogen and oxygen atoms in total. The topological polar surface area (TPSA) is 0 Å². The van der Waals surface area contributed by atoms with Gasteiger partial charge in [-0.05, 0) is 56.6 Å². The monoisotopic (exact) mass is 408 g/mol. The molecule has 0 atom stereocenters. The summed E-state index contributed by atoms with van der Waals surface area (Å²) in [4.78, 5) is 0. The Bertz CT molecular complexity index is 719. The van der Waals surface area contributed by atoms with Crippen LogP contribution in [0.5, 0.6) is 0 Å². The molecule has 0 fully saturated rings.